The summed E-state index contributed by atoms with van der Waals surface area (Å²) in [4.78, 5) is 15.0. The van der Waals surface area contributed by atoms with Crippen molar-refractivity contribution >= 4 is 45.5 Å². The second-order valence-corrected chi connectivity index (χ2v) is 9.14. The zero-order valence-corrected chi connectivity index (χ0v) is 21.2. The van der Waals surface area contributed by atoms with Gasteiger partial charge in [-0.1, -0.05) is 24.6 Å². The highest BCUT2D eigenvalue weighted by molar-refractivity contribution is 6.33. The van der Waals surface area contributed by atoms with Gasteiger partial charge in [-0.25, -0.2) is 4.39 Å². The fraction of sp³-hybridized carbons (Fsp3) is 0.346. The predicted octanol–water partition coefficient (Wildman–Crippen LogP) is 5.41. The molecule has 1 aromatic heterocycles. The van der Waals surface area contributed by atoms with Crippen LogP contribution in [0.5, 0.6) is 11.5 Å². The van der Waals surface area contributed by atoms with Crippen LogP contribution >= 0.6 is 11.6 Å². The lowest BCUT2D eigenvalue weighted by Crippen LogP contribution is -2.33. The van der Waals surface area contributed by atoms with Gasteiger partial charge in [-0.2, -0.15) is 0 Å². The van der Waals surface area contributed by atoms with E-state index < -0.39 is 5.82 Å². The summed E-state index contributed by atoms with van der Waals surface area (Å²) in [6.07, 6.45) is 5.75. The zero-order chi connectivity index (χ0) is 25.7. The number of amides is 1. The second kappa shape index (κ2) is 11.5. The number of nitrogens with one attached hydrogen (secondary N) is 2. The van der Waals surface area contributed by atoms with E-state index in [0.717, 1.165) is 25.6 Å². The number of nitrogens with zero attached hydrogens (tertiary/aromatic N) is 3. The molecular weight excluding hydrogens is 485 g/mol. The fourth-order valence-electron chi connectivity index (χ4n) is 4.11. The van der Waals surface area contributed by atoms with Gasteiger partial charge in [-0.3, -0.25) is 9.69 Å². The summed E-state index contributed by atoms with van der Waals surface area (Å²) >= 11 is 6.35. The molecule has 1 aliphatic heterocycles. The smallest absolute Gasteiger partial charge is 0.248 e. The Morgan fingerprint density at radius 3 is 2.61 bits per heavy atom. The SMILES string of the molecule is COc1ccc(Nc2c(Cl)nnc3cc(OC)c(NC(=O)/C=C/CN4CCC(C)CC4)cc23)cc1F. The Balaban J connectivity index is 1.56. The summed E-state index contributed by atoms with van der Waals surface area (Å²) in [5.74, 6) is 0.507. The Hall–Kier alpha value is -3.43. The first-order chi connectivity index (χ1) is 17.4. The Morgan fingerprint density at radius 2 is 1.92 bits per heavy atom. The molecule has 0 atom stereocenters. The maximum absolute atomic E-state index is 14.2. The van der Waals surface area contributed by atoms with Gasteiger partial charge in [-0.05, 0) is 50.0 Å². The number of ether oxygens (including phenoxy) is 2. The minimum atomic E-state index is -0.523. The number of hydrogen-bond acceptors (Lipinski definition) is 7. The van der Waals surface area contributed by atoms with Crippen LogP contribution in [0.25, 0.3) is 10.9 Å². The molecule has 1 amide bonds. The summed E-state index contributed by atoms with van der Waals surface area (Å²) in [7, 11) is 2.90. The first-order valence-corrected chi connectivity index (χ1v) is 12.1. The minimum absolute atomic E-state index is 0.0944. The predicted molar refractivity (Wildman–Crippen MR) is 140 cm³/mol. The van der Waals surface area contributed by atoms with E-state index in [2.05, 4.69) is 32.7 Å². The molecule has 0 aliphatic carbocycles. The molecule has 0 radical (unpaired) electrons. The number of halogens is 2. The fourth-order valence-corrected chi connectivity index (χ4v) is 4.30. The summed E-state index contributed by atoms with van der Waals surface area (Å²) in [6.45, 7) is 5.09. The van der Waals surface area contributed by atoms with Crippen molar-refractivity contribution in [2.45, 2.75) is 19.8 Å². The van der Waals surface area contributed by atoms with Gasteiger partial charge < -0.3 is 20.1 Å². The molecule has 1 fully saturated rings. The summed E-state index contributed by atoms with van der Waals surface area (Å²) in [6, 6.07) is 7.82. The van der Waals surface area contributed by atoms with Crippen molar-refractivity contribution in [3.63, 3.8) is 0 Å². The Kier molecular flexibility index (Phi) is 8.22. The lowest BCUT2D eigenvalue weighted by atomic mass is 9.99. The van der Waals surface area contributed by atoms with Gasteiger partial charge in [0, 0.05) is 35.8 Å². The van der Waals surface area contributed by atoms with Gasteiger partial charge in [0.15, 0.2) is 16.7 Å². The van der Waals surface area contributed by atoms with Crippen molar-refractivity contribution in [1.29, 1.82) is 0 Å². The molecule has 1 saturated heterocycles. The first kappa shape index (κ1) is 25.7. The summed E-state index contributed by atoms with van der Waals surface area (Å²) < 4.78 is 24.6. The number of benzene rings is 2. The van der Waals surface area contributed by atoms with Crippen LogP contribution in [-0.4, -0.2) is 54.9 Å². The number of methoxy groups -OCH3 is 2. The average Bonchev–Trinajstić information content (AvgIpc) is 2.87. The van der Waals surface area contributed by atoms with Gasteiger partial charge in [-0.15, -0.1) is 10.2 Å². The molecular formula is C26H29ClFN5O3. The lowest BCUT2D eigenvalue weighted by Gasteiger charge is -2.29. The van der Waals surface area contributed by atoms with Gasteiger partial charge in [0.1, 0.15) is 5.75 Å². The molecule has 3 aromatic rings. The zero-order valence-electron chi connectivity index (χ0n) is 20.5. The molecule has 190 valence electrons. The average molecular weight is 514 g/mol. The molecule has 10 heteroatoms. The highest BCUT2D eigenvalue weighted by Gasteiger charge is 2.17. The third kappa shape index (κ3) is 6.03. The van der Waals surface area contributed by atoms with E-state index in [1.54, 1.807) is 18.2 Å². The number of piperidine rings is 1. The molecule has 0 saturated carbocycles. The topological polar surface area (TPSA) is 88.6 Å². The van der Waals surface area contributed by atoms with Crippen LogP contribution in [0.2, 0.25) is 5.15 Å². The number of likely N-dealkylation sites (tertiary alicyclic amines) is 1. The number of aromatic nitrogens is 2. The first-order valence-electron chi connectivity index (χ1n) is 11.7. The van der Waals surface area contributed by atoms with Crippen molar-refractivity contribution in [2.24, 2.45) is 5.92 Å². The van der Waals surface area contributed by atoms with E-state index in [0.29, 0.717) is 33.7 Å². The third-order valence-corrected chi connectivity index (χ3v) is 6.49. The Morgan fingerprint density at radius 1 is 1.17 bits per heavy atom. The molecule has 0 unspecified atom stereocenters. The van der Waals surface area contributed by atoms with Gasteiger partial charge in [0.05, 0.1) is 31.1 Å². The molecule has 4 rings (SSSR count). The van der Waals surface area contributed by atoms with Crippen LogP contribution in [0.3, 0.4) is 0 Å². The van der Waals surface area contributed by atoms with Crippen molar-refractivity contribution in [1.82, 2.24) is 15.1 Å². The standard InChI is InChI=1S/C26H29ClFN5O3/c1-16-8-11-33(12-9-16)10-4-5-24(34)30-21-14-18-20(15-23(21)36-3)31-32-26(27)25(18)29-17-6-7-22(35-2)19(28)13-17/h4-7,13-16H,8-12H2,1-3H3,(H,29,31)(H,30,34)/b5-4+. The van der Waals surface area contributed by atoms with Gasteiger partial charge in [0.25, 0.3) is 0 Å². The lowest BCUT2D eigenvalue weighted by molar-refractivity contribution is -0.111. The Bertz CT molecular complexity index is 1280. The quantitative estimate of drug-likeness (QED) is 0.389. The summed E-state index contributed by atoms with van der Waals surface area (Å²) in [5.41, 5.74) is 1.79. The highest BCUT2D eigenvalue weighted by Crippen LogP contribution is 2.37. The van der Waals surface area contributed by atoms with Crippen molar-refractivity contribution in [3.05, 3.63) is 53.5 Å². The van der Waals surface area contributed by atoms with E-state index in [4.69, 9.17) is 21.1 Å². The minimum Gasteiger partial charge on any atom is -0.494 e. The van der Waals surface area contributed by atoms with E-state index >= 15 is 0 Å². The van der Waals surface area contributed by atoms with Crippen molar-refractivity contribution in [2.75, 3.05) is 44.5 Å². The van der Waals surface area contributed by atoms with E-state index in [1.807, 2.05) is 6.08 Å². The molecule has 2 aromatic carbocycles. The molecule has 8 nitrogen and oxygen atoms in total. The van der Waals surface area contributed by atoms with Crippen LogP contribution in [0.4, 0.5) is 21.5 Å². The number of fused-ring (bicyclic) bond motifs is 1. The van der Waals surface area contributed by atoms with Crippen LogP contribution in [-0.2, 0) is 4.79 Å². The van der Waals surface area contributed by atoms with Crippen LogP contribution < -0.4 is 20.1 Å². The highest BCUT2D eigenvalue weighted by atomic mass is 35.5. The molecule has 2 N–H and O–H groups in total. The van der Waals surface area contributed by atoms with Gasteiger partial charge >= 0.3 is 0 Å². The normalized spacial score (nSPS) is 14.8. The van der Waals surface area contributed by atoms with Crippen LogP contribution in [0.15, 0.2) is 42.5 Å². The largest absolute Gasteiger partial charge is 0.494 e. The number of carbonyl (C=O) groups excluding carboxylic acids is 1. The van der Waals surface area contributed by atoms with Crippen molar-refractivity contribution < 1.29 is 18.7 Å². The molecule has 0 bridgehead atoms. The van der Waals surface area contributed by atoms with Crippen LogP contribution in [0, 0.1) is 11.7 Å². The number of rotatable bonds is 8. The number of anilines is 3. The monoisotopic (exact) mass is 513 g/mol. The Labute approximate surface area is 214 Å². The number of carbonyl (C=O) groups is 1. The van der Waals surface area contributed by atoms with E-state index in [1.165, 1.54) is 45.3 Å². The number of hydrogen-bond donors (Lipinski definition) is 2. The van der Waals surface area contributed by atoms with Gasteiger partial charge in [0.2, 0.25) is 5.91 Å². The molecule has 0 spiro atoms. The van der Waals surface area contributed by atoms with Crippen LogP contribution in [0.1, 0.15) is 19.8 Å². The molecule has 36 heavy (non-hydrogen) atoms. The maximum Gasteiger partial charge on any atom is 0.248 e. The van der Waals surface area contributed by atoms with E-state index in [-0.39, 0.29) is 16.8 Å². The summed E-state index contributed by atoms with van der Waals surface area (Å²) in [5, 5.41) is 14.8. The maximum atomic E-state index is 14.2. The van der Waals surface area contributed by atoms with E-state index in [9.17, 15) is 9.18 Å². The molecule has 1 aliphatic rings. The van der Waals surface area contributed by atoms with Crippen molar-refractivity contribution in [3.8, 4) is 11.5 Å². The second-order valence-electron chi connectivity index (χ2n) is 8.78. The third-order valence-electron chi connectivity index (χ3n) is 6.23. The molecule has 2 heterocycles.